The lowest BCUT2D eigenvalue weighted by atomic mass is 9.93. The minimum atomic E-state index is -1.10. The Morgan fingerprint density at radius 2 is 1.60 bits per heavy atom. The Labute approximate surface area is 351 Å². The molecule has 0 radical (unpaired) electrons. The van der Waals surface area contributed by atoms with Crippen molar-refractivity contribution >= 4 is 52.6 Å². The lowest BCUT2D eigenvalue weighted by Crippen LogP contribution is -2.54. The van der Waals surface area contributed by atoms with Crippen LogP contribution in [0.1, 0.15) is 88.1 Å². The summed E-state index contributed by atoms with van der Waals surface area (Å²) in [5.41, 5.74) is 1.02. The number of fused-ring (bicyclic) bond motifs is 2. The number of aromatic nitrogens is 2. The first-order chi connectivity index (χ1) is 29.0. The molecule has 3 atom stereocenters. The Hall–Kier alpha value is -5.66. The molecule has 5 fully saturated rings. The summed E-state index contributed by atoms with van der Waals surface area (Å²) in [6.07, 6.45) is 5.20. The number of halogens is 2. The number of nitrogens with zero attached hydrogens (tertiary/aromatic N) is 7. The second-order valence-electron chi connectivity index (χ2n) is 17.0. The highest BCUT2D eigenvalue weighted by Crippen LogP contribution is 2.39. The van der Waals surface area contributed by atoms with Gasteiger partial charge in [0.15, 0.2) is 11.5 Å². The molecule has 312 valence electrons. The van der Waals surface area contributed by atoms with Gasteiger partial charge < -0.3 is 24.8 Å². The van der Waals surface area contributed by atoms with E-state index < -0.39 is 35.5 Å². The van der Waals surface area contributed by atoms with Gasteiger partial charge in [0.05, 0.1) is 33.5 Å². The van der Waals surface area contributed by atoms with Gasteiger partial charge >= 0.3 is 0 Å². The Morgan fingerprint density at radius 1 is 0.883 bits per heavy atom. The number of hydrogen-bond donors (Lipinski definition) is 2. The number of benzene rings is 2. The SMILES string of the molecule is N#Cc1ccc(O[C@H]2CC[C@H](NC(=O)c3ccc(N4CCC(CN5CC6CN(c7cc8c(cc7F)C(=O)N(C7CCC(=O)NC7=O)C8=O)CC6C5)CC4)nn3)CC2)cc1Cl. The molecule has 3 aromatic rings. The zero-order chi connectivity index (χ0) is 41.7. The second-order valence-corrected chi connectivity index (χ2v) is 17.4. The van der Waals surface area contributed by atoms with E-state index in [9.17, 15) is 24.0 Å². The number of nitrogens with one attached hydrogen (secondary N) is 2. The predicted molar refractivity (Wildman–Crippen MR) is 216 cm³/mol. The van der Waals surface area contributed by atoms with Crippen LogP contribution in [-0.4, -0.2) is 114 Å². The number of carbonyl (C=O) groups excluding carboxylic acids is 5. The lowest BCUT2D eigenvalue weighted by Gasteiger charge is -2.34. The van der Waals surface area contributed by atoms with Crippen LogP contribution in [0.5, 0.6) is 5.75 Å². The molecule has 1 saturated carbocycles. The Kier molecular flexibility index (Phi) is 10.9. The summed E-state index contributed by atoms with van der Waals surface area (Å²) in [4.78, 5) is 71.2. The Morgan fingerprint density at radius 3 is 2.25 bits per heavy atom. The third kappa shape index (κ3) is 7.88. The van der Waals surface area contributed by atoms with E-state index in [1.54, 1.807) is 24.3 Å². The summed E-state index contributed by atoms with van der Waals surface area (Å²) in [6, 6.07) is 12.2. The van der Waals surface area contributed by atoms with Crippen LogP contribution in [0.15, 0.2) is 42.5 Å². The van der Waals surface area contributed by atoms with Crippen molar-refractivity contribution in [2.75, 3.05) is 55.6 Å². The Balaban J connectivity index is 0.708. The molecule has 5 aliphatic heterocycles. The van der Waals surface area contributed by atoms with Gasteiger partial charge in [-0.25, -0.2) is 4.39 Å². The smallest absolute Gasteiger partial charge is 0.272 e. The van der Waals surface area contributed by atoms with Gasteiger partial charge in [0.1, 0.15) is 23.7 Å². The average Bonchev–Trinajstić information content (AvgIpc) is 3.88. The Bertz CT molecular complexity index is 2260. The molecule has 6 heterocycles. The number of rotatable bonds is 9. The van der Waals surface area contributed by atoms with Gasteiger partial charge in [0.2, 0.25) is 11.8 Å². The van der Waals surface area contributed by atoms with Crippen molar-refractivity contribution in [3.8, 4) is 11.8 Å². The monoisotopic (exact) mass is 837 g/mol. The molecule has 9 rings (SSSR count). The lowest BCUT2D eigenvalue weighted by molar-refractivity contribution is -0.136. The molecule has 1 aliphatic carbocycles. The molecule has 17 heteroatoms. The fourth-order valence-corrected chi connectivity index (χ4v) is 10.1. The summed E-state index contributed by atoms with van der Waals surface area (Å²) in [5, 5.41) is 23.4. The molecule has 2 aromatic carbocycles. The van der Waals surface area contributed by atoms with Crippen molar-refractivity contribution in [3.05, 3.63) is 75.7 Å². The van der Waals surface area contributed by atoms with E-state index in [1.807, 2.05) is 17.0 Å². The molecular weight excluding hydrogens is 793 g/mol. The van der Waals surface area contributed by atoms with Crippen molar-refractivity contribution in [2.24, 2.45) is 17.8 Å². The average molecular weight is 838 g/mol. The highest BCUT2D eigenvalue weighted by molar-refractivity contribution is 6.31. The summed E-state index contributed by atoms with van der Waals surface area (Å²) >= 11 is 6.15. The second kappa shape index (κ2) is 16.4. The highest BCUT2D eigenvalue weighted by atomic mass is 35.5. The fourth-order valence-electron chi connectivity index (χ4n) is 9.92. The molecule has 6 aliphatic rings. The fraction of sp³-hybridized carbons (Fsp3) is 0.488. The molecule has 4 saturated heterocycles. The van der Waals surface area contributed by atoms with E-state index in [0.29, 0.717) is 52.9 Å². The number of amides is 5. The van der Waals surface area contributed by atoms with Gasteiger partial charge in [-0.2, -0.15) is 5.26 Å². The van der Waals surface area contributed by atoms with Gasteiger partial charge in [-0.1, -0.05) is 11.6 Å². The third-order valence-corrected chi connectivity index (χ3v) is 13.4. The number of anilines is 2. The van der Waals surface area contributed by atoms with E-state index in [2.05, 4.69) is 30.6 Å². The standard InChI is InChI=1S/C43H45ClFN9O6/c44-33-15-30(4-1-25(33)18-46)60-29-5-2-28(3-6-29)47-40(56)35-7-9-38(50-49-35)52-13-11-24(12-14-52)19-51-20-26-22-53(23-27(26)21-51)37-17-32-31(16-34(37)45)42(58)54(43(32)59)36-8-10-39(55)48-41(36)57/h1,4,7,9,15-17,24,26-29,36H,2-3,5-6,8,10-14,19-23H2,(H,47,56)(H,48,55,57)/t26?,27?,28-,29-,36?. The number of hydrogen-bond acceptors (Lipinski definition) is 12. The van der Waals surface area contributed by atoms with E-state index in [4.69, 9.17) is 21.6 Å². The van der Waals surface area contributed by atoms with Crippen molar-refractivity contribution in [1.82, 2.24) is 30.6 Å². The molecule has 5 amide bonds. The van der Waals surface area contributed by atoms with E-state index in [1.165, 1.54) is 6.07 Å². The van der Waals surface area contributed by atoms with Crippen LogP contribution in [0, 0.1) is 34.9 Å². The topological polar surface area (TPSA) is 181 Å². The molecule has 60 heavy (non-hydrogen) atoms. The van der Waals surface area contributed by atoms with Crippen molar-refractivity contribution in [3.63, 3.8) is 0 Å². The molecule has 1 aromatic heterocycles. The zero-order valence-corrected chi connectivity index (χ0v) is 33.7. The molecule has 2 N–H and O–H groups in total. The molecule has 15 nitrogen and oxygen atoms in total. The maximum atomic E-state index is 15.5. The van der Waals surface area contributed by atoms with Crippen LogP contribution in [0.2, 0.25) is 5.02 Å². The van der Waals surface area contributed by atoms with Crippen LogP contribution < -0.4 is 25.2 Å². The van der Waals surface area contributed by atoms with E-state index in [0.717, 1.165) is 88.0 Å². The van der Waals surface area contributed by atoms with Crippen LogP contribution in [0.4, 0.5) is 15.9 Å². The van der Waals surface area contributed by atoms with Crippen LogP contribution in [-0.2, 0) is 9.59 Å². The first kappa shape index (κ1) is 39.8. The van der Waals surface area contributed by atoms with Gasteiger partial charge in [0.25, 0.3) is 17.7 Å². The summed E-state index contributed by atoms with van der Waals surface area (Å²) in [6.45, 7) is 5.80. The maximum Gasteiger partial charge on any atom is 0.272 e. The van der Waals surface area contributed by atoms with Crippen LogP contribution >= 0.6 is 11.6 Å². The zero-order valence-electron chi connectivity index (χ0n) is 32.9. The van der Waals surface area contributed by atoms with Crippen molar-refractivity contribution in [2.45, 2.75) is 69.6 Å². The quantitative estimate of drug-likeness (QED) is 0.297. The van der Waals surface area contributed by atoms with E-state index >= 15 is 4.39 Å². The number of piperidine rings is 2. The minimum Gasteiger partial charge on any atom is -0.490 e. The number of nitriles is 1. The van der Waals surface area contributed by atoms with Crippen LogP contribution in [0.3, 0.4) is 0 Å². The molecule has 0 spiro atoms. The van der Waals surface area contributed by atoms with Gasteiger partial charge in [-0.3, -0.25) is 34.2 Å². The minimum absolute atomic E-state index is 0.0101. The van der Waals surface area contributed by atoms with E-state index in [-0.39, 0.29) is 47.7 Å². The maximum absolute atomic E-state index is 15.5. The van der Waals surface area contributed by atoms with Crippen molar-refractivity contribution in [1.29, 1.82) is 5.26 Å². The molecule has 3 unspecified atom stereocenters. The van der Waals surface area contributed by atoms with Gasteiger partial charge in [0, 0.05) is 64.3 Å². The van der Waals surface area contributed by atoms with Gasteiger partial charge in [-0.15, -0.1) is 10.2 Å². The summed E-state index contributed by atoms with van der Waals surface area (Å²) in [7, 11) is 0. The summed E-state index contributed by atoms with van der Waals surface area (Å²) in [5.74, 6) is -0.681. The number of imide groups is 2. The number of ether oxygens (including phenoxy) is 1. The first-order valence-corrected chi connectivity index (χ1v) is 21.2. The highest BCUT2D eigenvalue weighted by Gasteiger charge is 2.47. The predicted octanol–water partition coefficient (Wildman–Crippen LogP) is 3.95. The largest absolute Gasteiger partial charge is 0.490 e. The third-order valence-electron chi connectivity index (χ3n) is 13.1. The first-order valence-electron chi connectivity index (χ1n) is 20.8. The van der Waals surface area contributed by atoms with Gasteiger partial charge in [-0.05, 0) is 99.1 Å². The van der Waals surface area contributed by atoms with Crippen LogP contribution in [0.25, 0.3) is 0 Å². The molecule has 0 bridgehead atoms. The molecular formula is C43H45ClFN9O6. The summed E-state index contributed by atoms with van der Waals surface area (Å²) < 4.78 is 21.6. The normalized spacial score (nSPS) is 25.9. The number of likely N-dealkylation sites (tertiary alicyclic amines) is 1. The number of carbonyl (C=O) groups is 5. The van der Waals surface area contributed by atoms with Crippen molar-refractivity contribution < 1.29 is 33.1 Å².